The van der Waals surface area contributed by atoms with E-state index in [1.54, 1.807) is 9.36 Å². The van der Waals surface area contributed by atoms with Crippen LogP contribution in [0.4, 0.5) is 0 Å². The van der Waals surface area contributed by atoms with Crippen LogP contribution in [-0.4, -0.2) is 24.8 Å². The Hall–Kier alpha value is -1.69. The van der Waals surface area contributed by atoms with Crippen LogP contribution in [0.3, 0.4) is 0 Å². The molecule has 0 saturated carbocycles. The Morgan fingerprint density at radius 3 is 2.60 bits per heavy atom. The summed E-state index contributed by atoms with van der Waals surface area (Å²) < 4.78 is 3.44. The molecule has 0 aliphatic rings. The van der Waals surface area contributed by atoms with Crippen molar-refractivity contribution >= 4 is 0 Å². The minimum absolute atomic E-state index is 0.101. The SMILES string of the molecule is Cc1nn(C)cc1-n1cc(C(C)N)nn1. The van der Waals surface area contributed by atoms with Crippen LogP contribution in [0, 0.1) is 6.92 Å². The largest absolute Gasteiger partial charge is 0.323 e. The Labute approximate surface area is 87.7 Å². The molecule has 0 amide bonds. The van der Waals surface area contributed by atoms with Crippen molar-refractivity contribution in [1.29, 1.82) is 0 Å². The predicted molar refractivity (Wildman–Crippen MR) is 55.5 cm³/mol. The van der Waals surface area contributed by atoms with Gasteiger partial charge in [0.1, 0.15) is 5.69 Å². The van der Waals surface area contributed by atoms with Gasteiger partial charge in [-0.2, -0.15) is 5.10 Å². The molecule has 0 aliphatic heterocycles. The van der Waals surface area contributed by atoms with E-state index in [4.69, 9.17) is 5.73 Å². The van der Waals surface area contributed by atoms with E-state index in [-0.39, 0.29) is 6.04 Å². The topological polar surface area (TPSA) is 74.5 Å². The van der Waals surface area contributed by atoms with Crippen molar-refractivity contribution in [3.63, 3.8) is 0 Å². The second-order valence-electron chi connectivity index (χ2n) is 3.65. The summed E-state index contributed by atoms with van der Waals surface area (Å²) in [5, 5.41) is 12.2. The lowest BCUT2D eigenvalue weighted by atomic mass is 10.3. The van der Waals surface area contributed by atoms with Gasteiger partial charge in [-0.25, -0.2) is 4.68 Å². The molecule has 0 aliphatic carbocycles. The van der Waals surface area contributed by atoms with Crippen molar-refractivity contribution in [2.75, 3.05) is 0 Å². The van der Waals surface area contributed by atoms with Crippen molar-refractivity contribution in [2.24, 2.45) is 12.8 Å². The number of aromatic nitrogens is 5. The maximum absolute atomic E-state index is 5.71. The van der Waals surface area contributed by atoms with Crippen LogP contribution in [0.1, 0.15) is 24.4 Å². The summed E-state index contributed by atoms with van der Waals surface area (Å²) in [7, 11) is 1.87. The summed E-state index contributed by atoms with van der Waals surface area (Å²) in [6.45, 7) is 3.81. The average Bonchev–Trinajstić information content (AvgIpc) is 2.71. The minimum Gasteiger partial charge on any atom is -0.323 e. The van der Waals surface area contributed by atoms with Gasteiger partial charge in [0.25, 0.3) is 0 Å². The fraction of sp³-hybridized carbons (Fsp3) is 0.444. The van der Waals surface area contributed by atoms with E-state index < -0.39 is 0 Å². The van der Waals surface area contributed by atoms with Gasteiger partial charge in [-0.15, -0.1) is 5.10 Å². The van der Waals surface area contributed by atoms with Gasteiger partial charge in [-0.05, 0) is 13.8 Å². The summed E-state index contributed by atoms with van der Waals surface area (Å²) in [5.74, 6) is 0. The molecule has 0 radical (unpaired) electrons. The molecule has 2 rings (SSSR count). The van der Waals surface area contributed by atoms with E-state index >= 15 is 0 Å². The first kappa shape index (κ1) is 9.85. The monoisotopic (exact) mass is 206 g/mol. The molecule has 6 nitrogen and oxygen atoms in total. The van der Waals surface area contributed by atoms with Gasteiger partial charge >= 0.3 is 0 Å². The second kappa shape index (κ2) is 3.47. The van der Waals surface area contributed by atoms with Crippen molar-refractivity contribution in [3.05, 3.63) is 23.8 Å². The van der Waals surface area contributed by atoms with E-state index in [2.05, 4.69) is 15.4 Å². The normalized spacial score (nSPS) is 13.1. The maximum Gasteiger partial charge on any atom is 0.107 e. The highest BCUT2D eigenvalue weighted by molar-refractivity contribution is 5.32. The van der Waals surface area contributed by atoms with Crippen LogP contribution in [-0.2, 0) is 7.05 Å². The third-order valence-electron chi connectivity index (χ3n) is 2.21. The first-order valence-corrected chi connectivity index (χ1v) is 4.76. The average molecular weight is 206 g/mol. The van der Waals surface area contributed by atoms with E-state index in [0.29, 0.717) is 0 Å². The molecule has 0 bridgehead atoms. The van der Waals surface area contributed by atoms with Crippen molar-refractivity contribution in [2.45, 2.75) is 19.9 Å². The Morgan fingerprint density at radius 1 is 1.40 bits per heavy atom. The van der Waals surface area contributed by atoms with Gasteiger partial charge in [0.15, 0.2) is 0 Å². The molecule has 80 valence electrons. The summed E-state index contributed by atoms with van der Waals surface area (Å²) >= 11 is 0. The van der Waals surface area contributed by atoms with Crippen LogP contribution in [0.5, 0.6) is 0 Å². The second-order valence-corrected chi connectivity index (χ2v) is 3.65. The molecule has 2 heterocycles. The standard InChI is InChI=1S/C9H14N6/c1-6(10)8-4-15(13-11-8)9-5-14(3)12-7(9)2/h4-6H,10H2,1-3H3. The summed E-state index contributed by atoms with van der Waals surface area (Å²) in [6, 6.07) is -0.101. The third kappa shape index (κ3) is 1.75. The smallest absolute Gasteiger partial charge is 0.107 e. The van der Waals surface area contributed by atoms with Crippen LogP contribution in [0.15, 0.2) is 12.4 Å². The van der Waals surface area contributed by atoms with Crippen molar-refractivity contribution in [3.8, 4) is 5.69 Å². The fourth-order valence-corrected chi connectivity index (χ4v) is 1.42. The van der Waals surface area contributed by atoms with Gasteiger partial charge in [-0.3, -0.25) is 4.68 Å². The van der Waals surface area contributed by atoms with Gasteiger partial charge in [0.2, 0.25) is 0 Å². The highest BCUT2D eigenvalue weighted by atomic mass is 15.4. The predicted octanol–water partition coefficient (Wildman–Crippen LogP) is 0.329. The number of rotatable bonds is 2. The van der Waals surface area contributed by atoms with Gasteiger partial charge < -0.3 is 5.73 Å². The molecular formula is C9H14N6. The minimum atomic E-state index is -0.101. The lowest BCUT2D eigenvalue weighted by Crippen LogP contribution is -2.04. The van der Waals surface area contributed by atoms with Gasteiger partial charge in [-0.1, -0.05) is 5.21 Å². The Balaban J connectivity index is 2.41. The van der Waals surface area contributed by atoms with Crippen LogP contribution in [0.2, 0.25) is 0 Å². The highest BCUT2D eigenvalue weighted by Gasteiger charge is 2.10. The number of hydrogen-bond donors (Lipinski definition) is 1. The zero-order valence-corrected chi connectivity index (χ0v) is 9.05. The molecule has 1 atom stereocenters. The van der Waals surface area contributed by atoms with E-state index in [1.807, 2.05) is 33.3 Å². The van der Waals surface area contributed by atoms with E-state index in [9.17, 15) is 0 Å². The molecular weight excluding hydrogens is 192 g/mol. The molecule has 0 aromatic carbocycles. The zero-order valence-electron chi connectivity index (χ0n) is 9.05. The van der Waals surface area contributed by atoms with Crippen molar-refractivity contribution in [1.82, 2.24) is 24.8 Å². The first-order valence-electron chi connectivity index (χ1n) is 4.76. The molecule has 1 unspecified atom stereocenters. The first-order chi connectivity index (χ1) is 7.08. The quantitative estimate of drug-likeness (QED) is 0.768. The molecule has 0 saturated heterocycles. The summed E-state index contributed by atoms with van der Waals surface area (Å²) in [5.41, 5.74) is 8.33. The van der Waals surface area contributed by atoms with Gasteiger partial charge in [0, 0.05) is 13.1 Å². The van der Waals surface area contributed by atoms with Crippen LogP contribution >= 0.6 is 0 Å². The third-order valence-corrected chi connectivity index (χ3v) is 2.21. The Bertz CT molecular complexity index is 467. The fourth-order valence-electron chi connectivity index (χ4n) is 1.42. The van der Waals surface area contributed by atoms with Gasteiger partial charge in [0.05, 0.1) is 23.8 Å². The maximum atomic E-state index is 5.71. The zero-order chi connectivity index (χ0) is 11.0. The summed E-state index contributed by atoms with van der Waals surface area (Å²) in [4.78, 5) is 0. The molecule has 0 spiro atoms. The van der Waals surface area contributed by atoms with Crippen LogP contribution < -0.4 is 5.73 Å². The number of hydrogen-bond acceptors (Lipinski definition) is 4. The Kier molecular flexibility index (Phi) is 2.28. The molecule has 15 heavy (non-hydrogen) atoms. The van der Waals surface area contributed by atoms with E-state index in [1.165, 1.54) is 0 Å². The van der Waals surface area contributed by atoms with Crippen molar-refractivity contribution < 1.29 is 0 Å². The molecule has 2 N–H and O–H groups in total. The molecule has 6 heteroatoms. The molecule has 0 fully saturated rings. The molecule has 2 aromatic rings. The lowest BCUT2D eigenvalue weighted by molar-refractivity contribution is 0.752. The number of nitrogens with zero attached hydrogens (tertiary/aromatic N) is 5. The number of nitrogens with two attached hydrogens (primary N) is 1. The van der Waals surface area contributed by atoms with E-state index in [0.717, 1.165) is 17.1 Å². The lowest BCUT2D eigenvalue weighted by Gasteiger charge is -1.96. The Morgan fingerprint density at radius 2 is 2.13 bits per heavy atom. The highest BCUT2D eigenvalue weighted by Crippen LogP contribution is 2.12. The number of aryl methyl sites for hydroxylation is 2. The summed E-state index contributed by atoms with van der Waals surface area (Å²) in [6.07, 6.45) is 3.73. The van der Waals surface area contributed by atoms with Crippen LogP contribution in [0.25, 0.3) is 5.69 Å². The molecule has 2 aromatic heterocycles.